The van der Waals surface area contributed by atoms with Crippen molar-refractivity contribution < 1.29 is 4.79 Å². The minimum atomic E-state index is 0.0552. The third kappa shape index (κ3) is 2.47. The SMILES string of the molecule is O=C(NC1CC2CCC1N2)c1ccc(-c2ccncc2)s1. The molecule has 5 heteroatoms. The summed E-state index contributed by atoms with van der Waals surface area (Å²) in [4.78, 5) is 18.3. The van der Waals surface area contributed by atoms with E-state index in [-0.39, 0.29) is 5.91 Å². The first-order chi connectivity index (χ1) is 10.3. The van der Waals surface area contributed by atoms with Gasteiger partial charge in [-0.15, -0.1) is 11.3 Å². The van der Waals surface area contributed by atoms with Crippen LogP contribution in [-0.2, 0) is 0 Å². The number of hydrogen-bond acceptors (Lipinski definition) is 4. The highest BCUT2D eigenvalue weighted by Crippen LogP contribution is 2.30. The van der Waals surface area contributed by atoms with Gasteiger partial charge in [0.05, 0.1) is 4.88 Å². The van der Waals surface area contributed by atoms with Crippen molar-refractivity contribution in [1.82, 2.24) is 15.6 Å². The van der Waals surface area contributed by atoms with Gasteiger partial charge in [0.1, 0.15) is 0 Å². The first-order valence-corrected chi connectivity index (χ1v) is 8.18. The summed E-state index contributed by atoms with van der Waals surface area (Å²) in [7, 11) is 0. The van der Waals surface area contributed by atoms with Gasteiger partial charge in [-0.2, -0.15) is 0 Å². The Morgan fingerprint density at radius 3 is 2.81 bits per heavy atom. The van der Waals surface area contributed by atoms with Crippen molar-refractivity contribution in [2.45, 2.75) is 37.4 Å². The number of pyridine rings is 1. The number of rotatable bonds is 3. The summed E-state index contributed by atoms with van der Waals surface area (Å²) < 4.78 is 0. The highest BCUT2D eigenvalue weighted by Gasteiger charge is 2.39. The number of nitrogens with one attached hydrogen (secondary N) is 2. The van der Waals surface area contributed by atoms with E-state index >= 15 is 0 Å². The minimum Gasteiger partial charge on any atom is -0.347 e. The predicted octanol–water partition coefficient (Wildman–Crippen LogP) is 2.43. The molecule has 4 nitrogen and oxygen atoms in total. The van der Waals surface area contributed by atoms with Crippen LogP contribution in [0.15, 0.2) is 36.7 Å². The molecular weight excluding hydrogens is 282 g/mol. The van der Waals surface area contributed by atoms with Crippen LogP contribution in [0.25, 0.3) is 10.4 Å². The van der Waals surface area contributed by atoms with Crippen LogP contribution >= 0.6 is 11.3 Å². The maximum Gasteiger partial charge on any atom is 0.261 e. The van der Waals surface area contributed by atoms with E-state index in [2.05, 4.69) is 15.6 Å². The van der Waals surface area contributed by atoms with E-state index in [1.54, 1.807) is 12.4 Å². The van der Waals surface area contributed by atoms with Crippen molar-refractivity contribution >= 4 is 17.2 Å². The van der Waals surface area contributed by atoms with Crippen LogP contribution in [0.5, 0.6) is 0 Å². The smallest absolute Gasteiger partial charge is 0.261 e. The molecule has 3 unspecified atom stereocenters. The van der Waals surface area contributed by atoms with Crippen molar-refractivity contribution in [2.75, 3.05) is 0 Å². The van der Waals surface area contributed by atoms with Crippen molar-refractivity contribution in [1.29, 1.82) is 0 Å². The van der Waals surface area contributed by atoms with E-state index in [1.165, 1.54) is 24.2 Å². The lowest BCUT2D eigenvalue weighted by Gasteiger charge is -2.20. The van der Waals surface area contributed by atoms with Crippen LogP contribution in [0, 0.1) is 0 Å². The molecule has 1 amide bonds. The third-order valence-corrected chi connectivity index (χ3v) is 5.54. The van der Waals surface area contributed by atoms with Gasteiger partial charge in [0.25, 0.3) is 5.91 Å². The Labute approximate surface area is 127 Å². The van der Waals surface area contributed by atoms with E-state index in [1.807, 2.05) is 24.3 Å². The van der Waals surface area contributed by atoms with Crippen molar-refractivity contribution in [3.63, 3.8) is 0 Å². The monoisotopic (exact) mass is 299 g/mol. The number of hydrogen-bond donors (Lipinski definition) is 2. The van der Waals surface area contributed by atoms with Crippen molar-refractivity contribution in [3.8, 4) is 10.4 Å². The standard InChI is InChI=1S/C16H17N3OS/c20-16(19-13-9-11-1-2-12(13)18-11)15-4-3-14(21-15)10-5-7-17-8-6-10/h3-8,11-13,18H,1-2,9H2,(H,19,20). The predicted molar refractivity (Wildman–Crippen MR) is 83.4 cm³/mol. The van der Waals surface area contributed by atoms with Gasteiger partial charge in [-0.1, -0.05) is 0 Å². The van der Waals surface area contributed by atoms with Gasteiger partial charge < -0.3 is 10.6 Å². The maximum atomic E-state index is 12.4. The number of aromatic nitrogens is 1. The zero-order valence-electron chi connectivity index (χ0n) is 11.6. The lowest BCUT2D eigenvalue weighted by Crippen LogP contribution is -2.42. The molecule has 0 spiro atoms. The van der Waals surface area contributed by atoms with Gasteiger partial charge in [0, 0.05) is 35.4 Å². The second kappa shape index (κ2) is 5.24. The lowest BCUT2D eigenvalue weighted by molar-refractivity contribution is 0.0935. The molecule has 0 saturated carbocycles. The molecule has 0 radical (unpaired) electrons. The van der Waals surface area contributed by atoms with Crippen LogP contribution < -0.4 is 10.6 Å². The Bertz CT molecular complexity index is 655. The molecule has 2 aromatic heterocycles. The van der Waals surface area contributed by atoms with Crippen molar-refractivity contribution in [3.05, 3.63) is 41.5 Å². The first kappa shape index (κ1) is 13.0. The fourth-order valence-electron chi connectivity index (χ4n) is 3.35. The first-order valence-electron chi connectivity index (χ1n) is 7.37. The molecule has 2 aromatic rings. The Morgan fingerprint density at radius 2 is 2.10 bits per heavy atom. The zero-order chi connectivity index (χ0) is 14.2. The molecule has 0 aromatic carbocycles. The topological polar surface area (TPSA) is 54.0 Å². The summed E-state index contributed by atoms with van der Waals surface area (Å²) in [5.41, 5.74) is 1.11. The quantitative estimate of drug-likeness (QED) is 0.915. The Hall–Kier alpha value is -1.72. The number of carbonyl (C=O) groups is 1. The third-order valence-electron chi connectivity index (χ3n) is 4.41. The molecule has 2 aliphatic rings. The highest BCUT2D eigenvalue weighted by molar-refractivity contribution is 7.17. The number of amides is 1. The van der Waals surface area contributed by atoms with Crippen LogP contribution in [-0.4, -0.2) is 29.0 Å². The average Bonchev–Trinajstić information content (AvgIpc) is 3.24. The summed E-state index contributed by atoms with van der Waals surface area (Å²) >= 11 is 1.54. The maximum absolute atomic E-state index is 12.4. The molecule has 4 rings (SSSR count). The fraction of sp³-hybridized carbons (Fsp3) is 0.375. The summed E-state index contributed by atoms with van der Waals surface area (Å²) in [6.07, 6.45) is 7.05. The lowest BCUT2D eigenvalue weighted by atomic mass is 9.95. The molecule has 21 heavy (non-hydrogen) atoms. The molecule has 2 bridgehead atoms. The van der Waals surface area contributed by atoms with E-state index in [4.69, 9.17) is 0 Å². The summed E-state index contributed by atoms with van der Waals surface area (Å²) in [6.45, 7) is 0. The summed E-state index contributed by atoms with van der Waals surface area (Å²) in [6, 6.07) is 9.22. The summed E-state index contributed by atoms with van der Waals surface area (Å²) in [5, 5.41) is 6.74. The average molecular weight is 299 g/mol. The second-order valence-electron chi connectivity index (χ2n) is 5.76. The van der Waals surface area contributed by atoms with Crippen LogP contribution in [0.2, 0.25) is 0 Å². The minimum absolute atomic E-state index is 0.0552. The van der Waals surface area contributed by atoms with Gasteiger partial charge >= 0.3 is 0 Å². The number of fused-ring (bicyclic) bond motifs is 2. The van der Waals surface area contributed by atoms with E-state index in [0.29, 0.717) is 18.1 Å². The van der Waals surface area contributed by atoms with Gasteiger partial charge in [0.15, 0.2) is 0 Å². The molecule has 4 heterocycles. The van der Waals surface area contributed by atoms with E-state index in [0.717, 1.165) is 21.7 Å². The van der Waals surface area contributed by atoms with Gasteiger partial charge in [0.2, 0.25) is 0 Å². The Balaban J connectivity index is 1.47. The van der Waals surface area contributed by atoms with Gasteiger partial charge in [-0.05, 0) is 49.1 Å². The molecule has 2 saturated heterocycles. The van der Waals surface area contributed by atoms with Crippen LogP contribution in [0.1, 0.15) is 28.9 Å². The molecule has 108 valence electrons. The summed E-state index contributed by atoms with van der Waals surface area (Å²) in [5.74, 6) is 0.0552. The van der Waals surface area contributed by atoms with Crippen molar-refractivity contribution in [2.24, 2.45) is 0 Å². The molecule has 2 N–H and O–H groups in total. The number of carbonyl (C=O) groups excluding carboxylic acids is 1. The van der Waals surface area contributed by atoms with E-state index < -0.39 is 0 Å². The zero-order valence-corrected chi connectivity index (χ0v) is 12.4. The molecular formula is C16H17N3OS. The van der Waals surface area contributed by atoms with Crippen LogP contribution in [0.3, 0.4) is 0 Å². The fourth-order valence-corrected chi connectivity index (χ4v) is 4.27. The van der Waals surface area contributed by atoms with Crippen LogP contribution in [0.4, 0.5) is 0 Å². The molecule has 3 atom stereocenters. The van der Waals surface area contributed by atoms with E-state index in [9.17, 15) is 4.79 Å². The normalized spacial score (nSPS) is 27.0. The van der Waals surface area contributed by atoms with Gasteiger partial charge in [-0.25, -0.2) is 0 Å². The molecule has 0 aliphatic carbocycles. The second-order valence-corrected chi connectivity index (χ2v) is 6.85. The molecule has 2 aliphatic heterocycles. The number of thiophene rings is 1. The Kier molecular flexibility index (Phi) is 3.24. The highest BCUT2D eigenvalue weighted by atomic mass is 32.1. The molecule has 2 fully saturated rings. The van der Waals surface area contributed by atoms with Gasteiger partial charge in [-0.3, -0.25) is 9.78 Å². The Morgan fingerprint density at radius 1 is 1.24 bits per heavy atom. The number of nitrogens with zero attached hydrogens (tertiary/aromatic N) is 1. The largest absolute Gasteiger partial charge is 0.347 e.